The van der Waals surface area contributed by atoms with Crippen molar-refractivity contribution in [1.29, 1.82) is 0 Å². The normalized spacial score (nSPS) is 11.0. The standard InChI is InChI=1S/C13H7F2N3O2S/c14-8-5-7(12(19)20)6-9(15)11(8)21-13-17-16-10-3-1-2-4-18(10)13/h1-6H,(H,19,20). The number of halogens is 2. The van der Waals surface area contributed by atoms with Gasteiger partial charge in [-0.25, -0.2) is 13.6 Å². The highest BCUT2D eigenvalue weighted by molar-refractivity contribution is 7.99. The molecule has 2 heterocycles. The molecule has 0 unspecified atom stereocenters. The zero-order valence-electron chi connectivity index (χ0n) is 10.3. The van der Waals surface area contributed by atoms with Crippen LogP contribution >= 0.6 is 11.8 Å². The van der Waals surface area contributed by atoms with Crippen LogP contribution in [0.2, 0.25) is 0 Å². The maximum atomic E-state index is 13.9. The molecule has 0 aliphatic carbocycles. The summed E-state index contributed by atoms with van der Waals surface area (Å²) in [5.41, 5.74) is 0.100. The molecule has 1 aromatic carbocycles. The zero-order chi connectivity index (χ0) is 15.0. The fourth-order valence-corrected chi connectivity index (χ4v) is 2.59. The summed E-state index contributed by atoms with van der Waals surface area (Å²) in [6.07, 6.45) is 1.67. The minimum atomic E-state index is -1.39. The van der Waals surface area contributed by atoms with Gasteiger partial charge in [-0.15, -0.1) is 10.2 Å². The molecule has 0 saturated carbocycles. The van der Waals surface area contributed by atoms with Gasteiger partial charge in [0, 0.05) is 6.20 Å². The number of aromatic nitrogens is 3. The van der Waals surface area contributed by atoms with Crippen LogP contribution in [0.4, 0.5) is 8.78 Å². The number of benzene rings is 1. The first-order chi connectivity index (χ1) is 10.1. The monoisotopic (exact) mass is 307 g/mol. The van der Waals surface area contributed by atoms with Crippen molar-refractivity contribution >= 4 is 23.4 Å². The molecule has 21 heavy (non-hydrogen) atoms. The summed E-state index contributed by atoms with van der Waals surface area (Å²) in [6.45, 7) is 0. The molecule has 3 rings (SSSR count). The molecule has 2 aromatic heterocycles. The van der Waals surface area contributed by atoms with Crippen LogP contribution in [-0.2, 0) is 0 Å². The molecule has 0 spiro atoms. The molecule has 0 radical (unpaired) electrons. The number of hydrogen-bond acceptors (Lipinski definition) is 4. The molecule has 0 atom stereocenters. The first kappa shape index (κ1) is 13.5. The Morgan fingerprint density at radius 1 is 1.19 bits per heavy atom. The number of nitrogens with zero attached hydrogens (tertiary/aromatic N) is 3. The number of fused-ring (bicyclic) bond motifs is 1. The lowest BCUT2D eigenvalue weighted by Crippen LogP contribution is -2.00. The number of pyridine rings is 1. The smallest absolute Gasteiger partial charge is 0.335 e. The van der Waals surface area contributed by atoms with Gasteiger partial charge < -0.3 is 5.11 Å². The van der Waals surface area contributed by atoms with Crippen molar-refractivity contribution in [2.24, 2.45) is 0 Å². The average molecular weight is 307 g/mol. The Bertz CT molecular complexity index is 827. The van der Waals surface area contributed by atoms with Crippen LogP contribution in [0.1, 0.15) is 10.4 Å². The second kappa shape index (κ2) is 5.13. The van der Waals surface area contributed by atoms with Gasteiger partial charge in [-0.2, -0.15) is 0 Å². The summed E-state index contributed by atoms with van der Waals surface area (Å²) in [7, 11) is 0. The summed E-state index contributed by atoms with van der Waals surface area (Å²) in [4.78, 5) is 10.4. The Labute approximate surface area is 121 Å². The molecule has 5 nitrogen and oxygen atoms in total. The van der Waals surface area contributed by atoms with Crippen LogP contribution in [-0.4, -0.2) is 25.7 Å². The van der Waals surface area contributed by atoms with Crippen LogP contribution < -0.4 is 0 Å². The topological polar surface area (TPSA) is 67.5 Å². The van der Waals surface area contributed by atoms with Crippen molar-refractivity contribution in [2.75, 3.05) is 0 Å². The van der Waals surface area contributed by atoms with Crippen molar-refractivity contribution in [3.05, 3.63) is 53.7 Å². The van der Waals surface area contributed by atoms with E-state index in [1.165, 1.54) is 0 Å². The summed E-state index contributed by atoms with van der Waals surface area (Å²) < 4.78 is 29.3. The second-order valence-electron chi connectivity index (χ2n) is 4.09. The van der Waals surface area contributed by atoms with E-state index in [0.29, 0.717) is 5.65 Å². The van der Waals surface area contributed by atoms with E-state index in [2.05, 4.69) is 10.2 Å². The lowest BCUT2D eigenvalue weighted by Gasteiger charge is -2.05. The van der Waals surface area contributed by atoms with Crippen molar-refractivity contribution in [3.8, 4) is 0 Å². The summed E-state index contributed by atoms with van der Waals surface area (Å²) in [5.74, 6) is -3.30. The molecule has 1 N–H and O–H groups in total. The largest absolute Gasteiger partial charge is 0.478 e. The number of carboxylic acids is 1. The van der Waals surface area contributed by atoms with E-state index in [1.807, 2.05) is 0 Å². The third-order valence-corrected chi connectivity index (χ3v) is 3.78. The van der Waals surface area contributed by atoms with Gasteiger partial charge in [0.05, 0.1) is 10.5 Å². The lowest BCUT2D eigenvalue weighted by molar-refractivity contribution is 0.0695. The van der Waals surface area contributed by atoms with Gasteiger partial charge in [0.25, 0.3) is 0 Å². The fourth-order valence-electron chi connectivity index (χ4n) is 1.76. The van der Waals surface area contributed by atoms with Gasteiger partial charge in [-0.3, -0.25) is 4.40 Å². The lowest BCUT2D eigenvalue weighted by atomic mass is 10.2. The van der Waals surface area contributed by atoms with E-state index < -0.39 is 23.2 Å². The fraction of sp³-hybridized carbons (Fsp3) is 0. The Hall–Kier alpha value is -2.48. The SMILES string of the molecule is O=C(O)c1cc(F)c(Sc2nnc3ccccn23)c(F)c1. The zero-order valence-corrected chi connectivity index (χ0v) is 11.1. The first-order valence-electron chi connectivity index (χ1n) is 5.76. The molecule has 0 aliphatic rings. The van der Waals surface area contributed by atoms with Crippen LogP contribution in [0.15, 0.2) is 46.6 Å². The second-order valence-corrected chi connectivity index (χ2v) is 5.07. The van der Waals surface area contributed by atoms with E-state index in [4.69, 9.17) is 5.11 Å². The Morgan fingerprint density at radius 3 is 2.57 bits per heavy atom. The van der Waals surface area contributed by atoms with Crippen LogP contribution in [0, 0.1) is 11.6 Å². The molecule has 0 aliphatic heterocycles. The van der Waals surface area contributed by atoms with E-state index in [0.717, 1.165) is 23.9 Å². The minimum Gasteiger partial charge on any atom is -0.478 e. The maximum absolute atomic E-state index is 13.9. The van der Waals surface area contributed by atoms with Crippen LogP contribution in [0.25, 0.3) is 5.65 Å². The molecule has 106 valence electrons. The molecular weight excluding hydrogens is 300 g/mol. The summed E-state index contributed by atoms with van der Waals surface area (Å²) >= 11 is 0.744. The Morgan fingerprint density at radius 2 is 1.90 bits per heavy atom. The van der Waals surface area contributed by atoms with Crippen molar-refractivity contribution in [1.82, 2.24) is 14.6 Å². The number of rotatable bonds is 3. The maximum Gasteiger partial charge on any atom is 0.335 e. The summed E-state index contributed by atoms with van der Waals surface area (Å²) in [6, 6.07) is 6.76. The van der Waals surface area contributed by atoms with E-state index in [9.17, 15) is 13.6 Å². The third-order valence-electron chi connectivity index (χ3n) is 2.72. The highest BCUT2D eigenvalue weighted by atomic mass is 32.2. The van der Waals surface area contributed by atoms with E-state index >= 15 is 0 Å². The Kier molecular flexibility index (Phi) is 3.30. The van der Waals surface area contributed by atoms with E-state index in [1.54, 1.807) is 28.8 Å². The van der Waals surface area contributed by atoms with Crippen molar-refractivity contribution < 1.29 is 18.7 Å². The predicted octanol–water partition coefficient (Wildman–Crippen LogP) is 2.86. The van der Waals surface area contributed by atoms with E-state index in [-0.39, 0.29) is 10.1 Å². The first-order valence-corrected chi connectivity index (χ1v) is 6.58. The van der Waals surface area contributed by atoms with Crippen LogP contribution in [0.5, 0.6) is 0 Å². The highest BCUT2D eigenvalue weighted by Gasteiger charge is 2.18. The molecular formula is C13H7F2N3O2S. The molecule has 8 heteroatoms. The number of aromatic carboxylic acids is 1. The quantitative estimate of drug-likeness (QED) is 0.806. The van der Waals surface area contributed by atoms with Gasteiger partial charge >= 0.3 is 5.97 Å². The average Bonchev–Trinajstić information content (AvgIpc) is 2.86. The van der Waals surface area contributed by atoms with Gasteiger partial charge in [-0.05, 0) is 36.0 Å². The Balaban J connectivity index is 2.04. The van der Waals surface area contributed by atoms with Gasteiger partial charge in [0.15, 0.2) is 5.65 Å². The van der Waals surface area contributed by atoms with Gasteiger partial charge in [0.2, 0.25) is 5.16 Å². The number of carboxylic acid groups (broad SMARTS) is 1. The number of hydrogen-bond donors (Lipinski definition) is 1. The molecule has 0 amide bonds. The minimum absolute atomic E-state index is 0.284. The van der Waals surface area contributed by atoms with Gasteiger partial charge in [-0.1, -0.05) is 6.07 Å². The molecule has 0 fully saturated rings. The molecule has 0 bridgehead atoms. The number of carbonyl (C=O) groups is 1. The molecule has 3 aromatic rings. The third kappa shape index (κ3) is 2.45. The van der Waals surface area contributed by atoms with Crippen molar-refractivity contribution in [2.45, 2.75) is 10.1 Å². The summed E-state index contributed by atoms with van der Waals surface area (Å²) in [5, 5.41) is 16.8. The highest BCUT2D eigenvalue weighted by Crippen LogP contribution is 2.31. The van der Waals surface area contributed by atoms with Crippen LogP contribution in [0.3, 0.4) is 0 Å². The molecule has 0 saturated heterocycles. The van der Waals surface area contributed by atoms with Crippen molar-refractivity contribution in [3.63, 3.8) is 0 Å². The predicted molar refractivity (Wildman–Crippen MR) is 70.4 cm³/mol. The van der Waals surface area contributed by atoms with Gasteiger partial charge in [0.1, 0.15) is 11.6 Å².